The number of hydrogen-bond acceptors (Lipinski definition) is 4. The van der Waals surface area contributed by atoms with Crippen LogP contribution in [-0.2, 0) is 10.0 Å². The van der Waals surface area contributed by atoms with E-state index in [1.54, 1.807) is 24.3 Å². The summed E-state index contributed by atoms with van der Waals surface area (Å²) in [6.45, 7) is 0. The molecule has 2 heterocycles. The van der Waals surface area contributed by atoms with Gasteiger partial charge in [0.25, 0.3) is 10.0 Å². The highest BCUT2D eigenvalue weighted by molar-refractivity contribution is 7.92. The average Bonchev–Trinajstić information content (AvgIpc) is 3.12. The smallest absolute Gasteiger partial charge is 0.262 e. The molecule has 4 rings (SSSR count). The van der Waals surface area contributed by atoms with Gasteiger partial charge in [0, 0.05) is 23.6 Å². The number of methoxy groups -OCH3 is 1. The Morgan fingerprint density at radius 3 is 2.54 bits per heavy atom. The van der Waals surface area contributed by atoms with E-state index in [1.807, 2.05) is 35.0 Å². The van der Waals surface area contributed by atoms with Gasteiger partial charge < -0.3 is 9.14 Å². The van der Waals surface area contributed by atoms with Crippen LogP contribution in [0.3, 0.4) is 0 Å². The Hall–Kier alpha value is -3.39. The standard InChI is InChI=1S/C20H16FN3O3S/c1-27-19-10-9-16(12-17(19)21)28(25,26)23-15-7-5-14(6-8-15)18-13-24-11-3-2-4-20(24)22-18/h2-13,23H,1H3. The molecule has 142 valence electrons. The molecule has 0 radical (unpaired) electrons. The van der Waals surface area contributed by atoms with Gasteiger partial charge in [-0.25, -0.2) is 17.8 Å². The number of nitrogens with one attached hydrogen (secondary N) is 1. The molecular formula is C20H16FN3O3S. The first-order valence-corrected chi connectivity index (χ1v) is 9.85. The van der Waals surface area contributed by atoms with Gasteiger partial charge in [-0.3, -0.25) is 4.72 Å². The second kappa shape index (κ2) is 6.97. The van der Waals surface area contributed by atoms with Crippen molar-refractivity contribution in [3.8, 4) is 17.0 Å². The zero-order chi connectivity index (χ0) is 19.7. The lowest BCUT2D eigenvalue weighted by Crippen LogP contribution is -2.13. The van der Waals surface area contributed by atoms with Gasteiger partial charge in [-0.15, -0.1) is 0 Å². The van der Waals surface area contributed by atoms with Crippen LogP contribution in [0.5, 0.6) is 5.75 Å². The molecule has 6 nitrogen and oxygen atoms in total. The molecule has 0 aliphatic carbocycles. The van der Waals surface area contributed by atoms with Crippen LogP contribution in [0.1, 0.15) is 0 Å². The number of benzene rings is 2. The minimum Gasteiger partial charge on any atom is -0.494 e. The maximum absolute atomic E-state index is 13.8. The van der Waals surface area contributed by atoms with Crippen LogP contribution in [-0.4, -0.2) is 24.9 Å². The number of hydrogen-bond donors (Lipinski definition) is 1. The third kappa shape index (κ3) is 3.41. The molecule has 0 aliphatic heterocycles. The van der Waals surface area contributed by atoms with Gasteiger partial charge in [0.15, 0.2) is 11.6 Å². The number of halogens is 1. The van der Waals surface area contributed by atoms with Crippen molar-refractivity contribution in [2.45, 2.75) is 4.90 Å². The quantitative estimate of drug-likeness (QED) is 0.553. The van der Waals surface area contributed by atoms with Crippen LogP contribution in [0.2, 0.25) is 0 Å². The highest BCUT2D eigenvalue weighted by atomic mass is 32.2. The Balaban J connectivity index is 1.57. The molecule has 0 spiro atoms. The molecule has 0 saturated heterocycles. The first kappa shape index (κ1) is 18.0. The van der Waals surface area contributed by atoms with Gasteiger partial charge in [-0.05, 0) is 42.5 Å². The normalized spacial score (nSPS) is 11.5. The Morgan fingerprint density at radius 1 is 1.07 bits per heavy atom. The van der Waals surface area contributed by atoms with E-state index in [4.69, 9.17) is 4.74 Å². The summed E-state index contributed by atoms with van der Waals surface area (Å²) in [6.07, 6.45) is 3.80. The third-order valence-electron chi connectivity index (χ3n) is 4.23. The summed E-state index contributed by atoms with van der Waals surface area (Å²) in [5.41, 5.74) is 2.81. The lowest BCUT2D eigenvalue weighted by molar-refractivity contribution is 0.385. The number of anilines is 1. The first-order valence-electron chi connectivity index (χ1n) is 8.37. The highest BCUT2D eigenvalue weighted by Crippen LogP contribution is 2.25. The lowest BCUT2D eigenvalue weighted by atomic mass is 10.1. The molecule has 0 atom stereocenters. The van der Waals surface area contributed by atoms with E-state index >= 15 is 0 Å². The molecule has 2 aromatic heterocycles. The topological polar surface area (TPSA) is 72.7 Å². The number of pyridine rings is 1. The molecule has 0 unspecified atom stereocenters. The monoisotopic (exact) mass is 397 g/mol. The zero-order valence-corrected chi connectivity index (χ0v) is 15.7. The summed E-state index contributed by atoms with van der Waals surface area (Å²) >= 11 is 0. The van der Waals surface area contributed by atoms with Crippen molar-refractivity contribution >= 4 is 21.4 Å². The van der Waals surface area contributed by atoms with Crippen molar-refractivity contribution in [3.05, 3.63) is 78.9 Å². The van der Waals surface area contributed by atoms with Crippen molar-refractivity contribution in [1.82, 2.24) is 9.38 Å². The highest BCUT2D eigenvalue weighted by Gasteiger charge is 2.17. The maximum atomic E-state index is 13.8. The molecule has 8 heteroatoms. The van der Waals surface area contributed by atoms with E-state index in [0.717, 1.165) is 23.0 Å². The molecule has 0 bridgehead atoms. The Labute approximate surface area is 161 Å². The van der Waals surface area contributed by atoms with E-state index in [1.165, 1.54) is 19.2 Å². The SMILES string of the molecule is COc1ccc(S(=O)(=O)Nc2ccc(-c3cn4ccccc4n3)cc2)cc1F. The predicted molar refractivity (Wildman–Crippen MR) is 104 cm³/mol. The molecule has 1 N–H and O–H groups in total. The van der Waals surface area contributed by atoms with E-state index < -0.39 is 15.8 Å². The summed E-state index contributed by atoms with van der Waals surface area (Å²) in [4.78, 5) is 4.35. The number of imidazole rings is 1. The number of sulfonamides is 1. The van der Waals surface area contributed by atoms with Gasteiger partial charge in [0.1, 0.15) is 5.65 Å². The largest absolute Gasteiger partial charge is 0.494 e. The van der Waals surface area contributed by atoms with Gasteiger partial charge in [-0.1, -0.05) is 18.2 Å². The van der Waals surface area contributed by atoms with Crippen LogP contribution < -0.4 is 9.46 Å². The van der Waals surface area contributed by atoms with Crippen LogP contribution in [0.4, 0.5) is 10.1 Å². The van der Waals surface area contributed by atoms with Crippen LogP contribution in [0.15, 0.2) is 78.0 Å². The van der Waals surface area contributed by atoms with E-state index in [0.29, 0.717) is 5.69 Å². The lowest BCUT2D eigenvalue weighted by Gasteiger charge is -2.10. The van der Waals surface area contributed by atoms with Crippen LogP contribution in [0.25, 0.3) is 16.9 Å². The van der Waals surface area contributed by atoms with E-state index in [2.05, 4.69) is 9.71 Å². The van der Waals surface area contributed by atoms with Gasteiger partial charge in [0.05, 0.1) is 17.7 Å². The number of rotatable bonds is 5. The fourth-order valence-electron chi connectivity index (χ4n) is 2.81. The van der Waals surface area contributed by atoms with E-state index in [-0.39, 0.29) is 10.6 Å². The summed E-state index contributed by atoms with van der Waals surface area (Å²) in [6, 6.07) is 16.0. The van der Waals surface area contributed by atoms with Gasteiger partial charge >= 0.3 is 0 Å². The van der Waals surface area contributed by atoms with Crippen LogP contribution >= 0.6 is 0 Å². The number of ether oxygens (including phenoxy) is 1. The van der Waals surface area contributed by atoms with E-state index in [9.17, 15) is 12.8 Å². The Bertz CT molecular complexity index is 1220. The minimum atomic E-state index is -3.92. The molecule has 0 saturated carbocycles. The molecule has 4 aromatic rings. The Kier molecular flexibility index (Phi) is 4.48. The molecule has 0 fully saturated rings. The second-order valence-electron chi connectivity index (χ2n) is 6.07. The Morgan fingerprint density at radius 2 is 1.86 bits per heavy atom. The van der Waals surface area contributed by atoms with Gasteiger partial charge in [0.2, 0.25) is 0 Å². The molecule has 0 amide bonds. The molecular weight excluding hydrogens is 381 g/mol. The second-order valence-corrected chi connectivity index (χ2v) is 7.75. The van der Waals surface area contributed by atoms with Crippen molar-refractivity contribution in [1.29, 1.82) is 0 Å². The minimum absolute atomic E-state index is 0.0178. The average molecular weight is 397 g/mol. The molecule has 28 heavy (non-hydrogen) atoms. The number of nitrogens with zero attached hydrogens (tertiary/aromatic N) is 2. The zero-order valence-electron chi connectivity index (χ0n) is 14.8. The fraction of sp³-hybridized carbons (Fsp3) is 0.0500. The van der Waals surface area contributed by atoms with Gasteiger partial charge in [-0.2, -0.15) is 0 Å². The molecule has 2 aromatic carbocycles. The molecule has 0 aliphatic rings. The van der Waals surface area contributed by atoms with Crippen molar-refractivity contribution in [2.75, 3.05) is 11.8 Å². The maximum Gasteiger partial charge on any atom is 0.262 e. The van der Waals surface area contributed by atoms with Crippen molar-refractivity contribution < 1.29 is 17.5 Å². The van der Waals surface area contributed by atoms with Crippen molar-refractivity contribution in [3.63, 3.8) is 0 Å². The summed E-state index contributed by atoms with van der Waals surface area (Å²) in [5.74, 6) is -0.761. The van der Waals surface area contributed by atoms with Crippen LogP contribution in [0, 0.1) is 5.82 Å². The fourth-order valence-corrected chi connectivity index (χ4v) is 3.88. The summed E-state index contributed by atoms with van der Waals surface area (Å²) < 4.78 is 48.0. The first-order chi connectivity index (χ1) is 13.5. The van der Waals surface area contributed by atoms with Crippen molar-refractivity contribution in [2.24, 2.45) is 0 Å². The number of fused-ring (bicyclic) bond motifs is 1. The summed E-state index contributed by atoms with van der Waals surface area (Å²) in [5, 5.41) is 0. The third-order valence-corrected chi connectivity index (χ3v) is 5.61. The predicted octanol–water partition coefficient (Wildman–Crippen LogP) is 3.95. The number of aromatic nitrogens is 2. The summed E-state index contributed by atoms with van der Waals surface area (Å²) in [7, 11) is -2.61.